The van der Waals surface area contributed by atoms with Crippen LogP contribution in [0.4, 0.5) is 0 Å². The summed E-state index contributed by atoms with van der Waals surface area (Å²) in [6, 6.07) is 13.0. The maximum atomic E-state index is 12.1. The van der Waals surface area contributed by atoms with Crippen LogP contribution in [-0.2, 0) is 11.3 Å². The highest BCUT2D eigenvalue weighted by Gasteiger charge is 2.11. The van der Waals surface area contributed by atoms with Gasteiger partial charge in [-0.25, -0.2) is 9.67 Å². The second-order valence-electron chi connectivity index (χ2n) is 6.30. The molecule has 2 N–H and O–H groups in total. The number of nitrogens with zero attached hydrogens (tertiary/aromatic N) is 3. The maximum Gasteiger partial charge on any atom is 0.252 e. The highest BCUT2D eigenvalue weighted by molar-refractivity contribution is 14.1. The number of carbonyl (C=O) groups excluding carboxylic acids is 2. The molecule has 0 aliphatic rings. The first-order valence-electron chi connectivity index (χ1n) is 8.72. The van der Waals surface area contributed by atoms with E-state index in [4.69, 9.17) is 0 Å². The number of rotatable bonds is 6. The van der Waals surface area contributed by atoms with Crippen LogP contribution in [0.3, 0.4) is 0 Å². The Labute approximate surface area is 176 Å². The third kappa shape index (κ3) is 4.94. The van der Waals surface area contributed by atoms with E-state index in [1.165, 1.54) is 0 Å². The summed E-state index contributed by atoms with van der Waals surface area (Å²) in [4.78, 5) is 28.5. The van der Waals surface area contributed by atoms with Crippen LogP contribution in [0.5, 0.6) is 0 Å². The normalized spacial score (nSPS) is 10.5. The van der Waals surface area contributed by atoms with Gasteiger partial charge in [-0.05, 0) is 66.3 Å². The summed E-state index contributed by atoms with van der Waals surface area (Å²) in [5, 5.41) is 9.81. The molecule has 0 saturated heterocycles. The number of hydrogen-bond donors (Lipinski definition) is 2. The van der Waals surface area contributed by atoms with Gasteiger partial charge in [-0.3, -0.25) is 9.59 Å². The van der Waals surface area contributed by atoms with Gasteiger partial charge in [-0.1, -0.05) is 18.2 Å². The van der Waals surface area contributed by atoms with E-state index >= 15 is 0 Å². The van der Waals surface area contributed by atoms with Crippen molar-refractivity contribution in [2.75, 3.05) is 6.54 Å². The van der Waals surface area contributed by atoms with Crippen LogP contribution >= 0.6 is 22.6 Å². The summed E-state index contributed by atoms with van der Waals surface area (Å²) in [7, 11) is 0. The Balaban J connectivity index is 1.50. The molecule has 0 radical (unpaired) electrons. The van der Waals surface area contributed by atoms with Gasteiger partial charge in [0, 0.05) is 22.0 Å². The van der Waals surface area contributed by atoms with Gasteiger partial charge in [0.1, 0.15) is 0 Å². The van der Waals surface area contributed by atoms with Gasteiger partial charge < -0.3 is 10.6 Å². The summed E-state index contributed by atoms with van der Waals surface area (Å²) in [5.74, 6) is 0.198. The molecule has 144 valence electrons. The number of amides is 2. The molecule has 3 aromatic rings. The lowest BCUT2D eigenvalue weighted by molar-refractivity contribution is -0.120. The Morgan fingerprint density at radius 2 is 1.89 bits per heavy atom. The van der Waals surface area contributed by atoms with Gasteiger partial charge in [-0.15, -0.1) is 0 Å². The lowest BCUT2D eigenvalue weighted by Crippen LogP contribution is -2.36. The van der Waals surface area contributed by atoms with Crippen molar-refractivity contribution in [1.82, 2.24) is 25.4 Å². The molecule has 2 amide bonds. The zero-order valence-electron chi connectivity index (χ0n) is 15.6. The molecule has 0 spiro atoms. The van der Waals surface area contributed by atoms with Gasteiger partial charge in [0.05, 0.1) is 17.8 Å². The van der Waals surface area contributed by atoms with E-state index in [0.29, 0.717) is 12.1 Å². The first-order valence-corrected chi connectivity index (χ1v) is 9.80. The molecular formula is C20H20IN5O2. The SMILES string of the molecule is Cc1cc(C)n(-c2ccc(CNC(=O)CNC(=O)c3ccccc3I)cn2)n1. The lowest BCUT2D eigenvalue weighted by atomic mass is 10.2. The van der Waals surface area contributed by atoms with Crippen molar-refractivity contribution in [3.05, 3.63) is 74.7 Å². The number of aromatic nitrogens is 3. The monoisotopic (exact) mass is 489 g/mol. The first kappa shape index (κ1) is 20.0. The minimum atomic E-state index is -0.268. The van der Waals surface area contributed by atoms with Crippen molar-refractivity contribution in [2.24, 2.45) is 0 Å². The minimum absolute atomic E-state index is 0.0823. The van der Waals surface area contributed by atoms with E-state index in [9.17, 15) is 9.59 Å². The Bertz CT molecular complexity index is 998. The predicted molar refractivity (Wildman–Crippen MR) is 114 cm³/mol. The maximum absolute atomic E-state index is 12.1. The molecule has 0 aliphatic heterocycles. The first-order chi connectivity index (χ1) is 13.4. The molecule has 3 rings (SSSR count). The van der Waals surface area contributed by atoms with Gasteiger partial charge in [0.25, 0.3) is 5.91 Å². The Morgan fingerprint density at radius 3 is 2.54 bits per heavy atom. The standard InChI is InChI=1S/C20H20IN5O2/c1-13-9-14(2)26(25-13)18-8-7-15(10-22-18)11-23-19(27)12-24-20(28)16-5-3-4-6-17(16)21/h3-10H,11-12H2,1-2H3,(H,23,27)(H,24,28). The molecule has 0 saturated carbocycles. The second kappa shape index (κ2) is 8.96. The third-order valence-corrected chi connectivity index (χ3v) is 4.99. The molecule has 8 heteroatoms. The van der Waals surface area contributed by atoms with Crippen LogP contribution in [0, 0.1) is 17.4 Å². The van der Waals surface area contributed by atoms with Crippen molar-refractivity contribution in [3.63, 3.8) is 0 Å². The van der Waals surface area contributed by atoms with Gasteiger partial charge in [-0.2, -0.15) is 5.10 Å². The molecule has 28 heavy (non-hydrogen) atoms. The van der Waals surface area contributed by atoms with Crippen LogP contribution in [0.1, 0.15) is 27.3 Å². The fraction of sp³-hybridized carbons (Fsp3) is 0.200. The van der Waals surface area contributed by atoms with E-state index in [2.05, 4.69) is 43.3 Å². The van der Waals surface area contributed by atoms with Crippen molar-refractivity contribution in [2.45, 2.75) is 20.4 Å². The highest BCUT2D eigenvalue weighted by Crippen LogP contribution is 2.11. The largest absolute Gasteiger partial charge is 0.350 e. The number of nitrogens with one attached hydrogen (secondary N) is 2. The van der Waals surface area contributed by atoms with E-state index in [1.54, 1.807) is 23.0 Å². The van der Waals surface area contributed by atoms with Gasteiger partial charge in [0.2, 0.25) is 5.91 Å². The average molecular weight is 489 g/mol. The highest BCUT2D eigenvalue weighted by atomic mass is 127. The molecule has 2 aromatic heterocycles. The smallest absolute Gasteiger partial charge is 0.252 e. The average Bonchev–Trinajstić information content (AvgIpc) is 3.03. The number of aryl methyl sites for hydroxylation is 2. The summed E-state index contributed by atoms with van der Waals surface area (Å²) in [6.45, 7) is 4.16. The fourth-order valence-electron chi connectivity index (χ4n) is 2.67. The molecule has 0 bridgehead atoms. The summed E-state index contributed by atoms with van der Waals surface area (Å²) >= 11 is 2.09. The Morgan fingerprint density at radius 1 is 1.11 bits per heavy atom. The van der Waals surface area contributed by atoms with Crippen molar-refractivity contribution in [1.29, 1.82) is 0 Å². The molecule has 7 nitrogen and oxygen atoms in total. The van der Waals surface area contributed by atoms with Gasteiger partial charge >= 0.3 is 0 Å². The van der Waals surface area contributed by atoms with Crippen molar-refractivity contribution in [3.8, 4) is 5.82 Å². The van der Waals surface area contributed by atoms with Crippen LogP contribution in [0.15, 0.2) is 48.7 Å². The van der Waals surface area contributed by atoms with E-state index in [1.807, 2.05) is 44.2 Å². The van der Waals surface area contributed by atoms with Gasteiger partial charge in [0.15, 0.2) is 5.82 Å². The fourth-order valence-corrected chi connectivity index (χ4v) is 3.30. The Hall–Kier alpha value is -2.75. The summed E-state index contributed by atoms with van der Waals surface area (Å²) in [5.41, 5.74) is 3.36. The predicted octanol–water partition coefficient (Wildman–Crippen LogP) is 2.53. The topological polar surface area (TPSA) is 88.9 Å². The zero-order chi connectivity index (χ0) is 20.1. The molecule has 0 atom stereocenters. The zero-order valence-corrected chi connectivity index (χ0v) is 17.7. The number of halogens is 1. The molecule has 2 heterocycles. The lowest BCUT2D eigenvalue weighted by Gasteiger charge is -2.09. The molecule has 0 unspecified atom stereocenters. The number of benzene rings is 1. The third-order valence-electron chi connectivity index (χ3n) is 4.05. The van der Waals surface area contributed by atoms with Crippen LogP contribution in [0.25, 0.3) is 5.82 Å². The minimum Gasteiger partial charge on any atom is -0.350 e. The second-order valence-corrected chi connectivity index (χ2v) is 7.46. The summed E-state index contributed by atoms with van der Waals surface area (Å²) < 4.78 is 2.62. The van der Waals surface area contributed by atoms with Crippen molar-refractivity contribution >= 4 is 34.4 Å². The van der Waals surface area contributed by atoms with Crippen LogP contribution < -0.4 is 10.6 Å². The van der Waals surface area contributed by atoms with Crippen molar-refractivity contribution < 1.29 is 9.59 Å². The van der Waals surface area contributed by atoms with Crippen LogP contribution in [0.2, 0.25) is 0 Å². The molecule has 0 fully saturated rings. The van der Waals surface area contributed by atoms with E-state index in [-0.39, 0.29) is 18.4 Å². The number of pyridine rings is 1. The number of hydrogen-bond acceptors (Lipinski definition) is 4. The van der Waals surface area contributed by atoms with Crippen LogP contribution in [-0.4, -0.2) is 33.1 Å². The van der Waals surface area contributed by atoms with E-state index < -0.39 is 0 Å². The number of carbonyl (C=O) groups is 2. The molecule has 1 aromatic carbocycles. The van der Waals surface area contributed by atoms with E-state index in [0.717, 1.165) is 26.3 Å². The Kier molecular flexibility index (Phi) is 6.40. The molecular weight excluding hydrogens is 469 g/mol. The summed E-state index contributed by atoms with van der Waals surface area (Å²) in [6.07, 6.45) is 1.71. The quantitative estimate of drug-likeness (QED) is 0.521. The molecule has 0 aliphatic carbocycles.